The number of hydrogen-bond donors (Lipinski definition) is 4. The van der Waals surface area contributed by atoms with Crippen molar-refractivity contribution in [3.05, 3.63) is 59.7 Å². The molecule has 1 aliphatic carbocycles. The van der Waals surface area contributed by atoms with E-state index < -0.39 is 42.4 Å². The molecule has 2 aromatic rings. The molecule has 0 radical (unpaired) electrons. The Kier molecular flexibility index (Phi) is 8.80. The largest absolute Gasteiger partial charge is 0.481 e. The van der Waals surface area contributed by atoms with Gasteiger partial charge in [-0.1, -0.05) is 48.5 Å². The van der Waals surface area contributed by atoms with E-state index in [-0.39, 0.29) is 19.1 Å². The van der Waals surface area contributed by atoms with E-state index in [2.05, 4.69) is 16.0 Å². The smallest absolute Gasteiger partial charge is 0.407 e. The van der Waals surface area contributed by atoms with Crippen LogP contribution in [0.25, 0.3) is 11.1 Å². The van der Waals surface area contributed by atoms with Crippen LogP contribution in [0.2, 0.25) is 0 Å². The zero-order chi connectivity index (χ0) is 25.4. The van der Waals surface area contributed by atoms with Crippen molar-refractivity contribution in [1.29, 1.82) is 0 Å². The summed E-state index contributed by atoms with van der Waals surface area (Å²) in [5, 5.41) is 16.5. The molecule has 2 atom stereocenters. The summed E-state index contributed by atoms with van der Waals surface area (Å²) in [4.78, 5) is 48.4. The topological polar surface area (TPSA) is 143 Å². The van der Waals surface area contributed by atoms with Gasteiger partial charge >= 0.3 is 12.1 Å². The first-order chi connectivity index (χ1) is 16.8. The van der Waals surface area contributed by atoms with Gasteiger partial charge in [-0.3, -0.25) is 14.4 Å². The standard InChI is InChI=1S/C25H29N3O7/c1-15(23(31)26-11-12-34-2)27-24(32)21(13-22(29)30)28-25(33)35-14-20-18-9-5-3-7-16(18)17-8-4-6-10-19(17)20/h3-10,15,20-21H,11-14H2,1-2H3,(H,26,31)(H,27,32)(H,28,33)(H,29,30). The van der Waals surface area contributed by atoms with E-state index in [0.717, 1.165) is 22.3 Å². The van der Waals surface area contributed by atoms with Crippen LogP contribution >= 0.6 is 0 Å². The molecule has 0 saturated heterocycles. The van der Waals surface area contributed by atoms with E-state index in [1.54, 1.807) is 0 Å². The minimum atomic E-state index is -1.42. The normalized spacial score (nSPS) is 13.7. The lowest BCUT2D eigenvalue weighted by molar-refractivity contribution is -0.140. The summed E-state index contributed by atoms with van der Waals surface area (Å²) in [5.41, 5.74) is 4.18. The molecule has 0 saturated carbocycles. The molecule has 3 amide bonds. The van der Waals surface area contributed by atoms with Crippen molar-refractivity contribution in [3.63, 3.8) is 0 Å². The van der Waals surface area contributed by atoms with Crippen molar-refractivity contribution in [3.8, 4) is 11.1 Å². The van der Waals surface area contributed by atoms with Crippen LogP contribution in [-0.2, 0) is 23.9 Å². The number of methoxy groups -OCH3 is 1. The third-order valence-electron chi connectivity index (χ3n) is 5.69. The van der Waals surface area contributed by atoms with Crippen LogP contribution in [0.1, 0.15) is 30.4 Å². The number of aliphatic carboxylic acids is 1. The van der Waals surface area contributed by atoms with Crippen LogP contribution in [0, 0.1) is 0 Å². The SMILES string of the molecule is COCCNC(=O)C(C)NC(=O)C(CC(=O)O)NC(=O)OCC1c2ccccc2-c2ccccc21. The van der Waals surface area contributed by atoms with Crippen LogP contribution in [-0.4, -0.2) is 67.9 Å². The van der Waals surface area contributed by atoms with Gasteiger partial charge in [-0.15, -0.1) is 0 Å². The summed E-state index contributed by atoms with van der Waals surface area (Å²) in [5.74, 6) is -2.75. The molecule has 35 heavy (non-hydrogen) atoms. The predicted molar refractivity (Wildman–Crippen MR) is 127 cm³/mol. The minimum absolute atomic E-state index is 0.0135. The van der Waals surface area contributed by atoms with Gasteiger partial charge in [-0.05, 0) is 29.2 Å². The number of carboxylic acids is 1. The number of alkyl carbamates (subject to hydrolysis) is 1. The Bertz CT molecular complexity index is 1040. The number of carbonyl (C=O) groups excluding carboxylic acids is 3. The van der Waals surface area contributed by atoms with Gasteiger partial charge in [0.1, 0.15) is 18.7 Å². The highest BCUT2D eigenvalue weighted by atomic mass is 16.5. The molecule has 0 aliphatic heterocycles. The Hall–Kier alpha value is -3.92. The lowest BCUT2D eigenvalue weighted by Crippen LogP contribution is -2.53. The monoisotopic (exact) mass is 483 g/mol. The fraction of sp³-hybridized carbons (Fsp3) is 0.360. The molecule has 10 heteroatoms. The molecule has 10 nitrogen and oxygen atoms in total. The molecule has 0 aromatic heterocycles. The van der Waals surface area contributed by atoms with E-state index in [0.29, 0.717) is 6.61 Å². The fourth-order valence-corrected chi connectivity index (χ4v) is 3.98. The number of amides is 3. The summed E-state index contributed by atoms with van der Waals surface area (Å²) in [6.45, 7) is 2.02. The van der Waals surface area contributed by atoms with E-state index in [9.17, 15) is 24.3 Å². The maximum Gasteiger partial charge on any atom is 0.407 e. The molecular weight excluding hydrogens is 454 g/mol. The average Bonchev–Trinajstić information content (AvgIpc) is 3.15. The zero-order valence-corrected chi connectivity index (χ0v) is 19.6. The summed E-state index contributed by atoms with van der Waals surface area (Å²) in [6.07, 6.45) is -1.60. The van der Waals surface area contributed by atoms with Gasteiger partial charge in [-0.25, -0.2) is 4.79 Å². The second-order valence-corrected chi connectivity index (χ2v) is 8.13. The molecule has 0 fully saturated rings. The van der Waals surface area contributed by atoms with Crippen molar-refractivity contribution < 1.29 is 33.8 Å². The Balaban J connectivity index is 1.60. The van der Waals surface area contributed by atoms with E-state index >= 15 is 0 Å². The number of carbonyl (C=O) groups is 4. The highest BCUT2D eigenvalue weighted by molar-refractivity contribution is 5.93. The molecule has 186 valence electrons. The molecule has 3 rings (SSSR count). The number of rotatable bonds is 11. The van der Waals surface area contributed by atoms with Gasteiger partial charge in [0.25, 0.3) is 0 Å². The first-order valence-electron chi connectivity index (χ1n) is 11.2. The highest BCUT2D eigenvalue weighted by Crippen LogP contribution is 2.44. The van der Waals surface area contributed by atoms with Gasteiger partial charge < -0.3 is 30.5 Å². The zero-order valence-electron chi connectivity index (χ0n) is 19.6. The van der Waals surface area contributed by atoms with E-state index in [4.69, 9.17) is 9.47 Å². The Morgan fingerprint density at radius 1 is 0.943 bits per heavy atom. The highest BCUT2D eigenvalue weighted by Gasteiger charge is 2.31. The van der Waals surface area contributed by atoms with Gasteiger partial charge in [-0.2, -0.15) is 0 Å². The first-order valence-corrected chi connectivity index (χ1v) is 11.2. The van der Waals surface area contributed by atoms with Crippen LogP contribution < -0.4 is 16.0 Å². The second-order valence-electron chi connectivity index (χ2n) is 8.13. The summed E-state index contributed by atoms with van der Waals surface area (Å²) >= 11 is 0. The van der Waals surface area contributed by atoms with Gasteiger partial charge in [0.15, 0.2) is 0 Å². The average molecular weight is 484 g/mol. The fourth-order valence-electron chi connectivity index (χ4n) is 3.98. The molecule has 1 aliphatic rings. The van der Waals surface area contributed by atoms with Crippen LogP contribution in [0.3, 0.4) is 0 Å². The lowest BCUT2D eigenvalue weighted by atomic mass is 9.98. The van der Waals surface area contributed by atoms with Crippen molar-refractivity contribution >= 4 is 23.9 Å². The first kappa shape index (κ1) is 25.7. The van der Waals surface area contributed by atoms with Gasteiger partial charge in [0.05, 0.1) is 13.0 Å². The van der Waals surface area contributed by atoms with Crippen molar-refractivity contribution in [2.75, 3.05) is 26.9 Å². The molecule has 2 aromatic carbocycles. The number of benzene rings is 2. The minimum Gasteiger partial charge on any atom is -0.481 e. The Morgan fingerprint density at radius 2 is 1.54 bits per heavy atom. The molecule has 2 unspecified atom stereocenters. The molecule has 4 N–H and O–H groups in total. The Morgan fingerprint density at radius 3 is 2.11 bits per heavy atom. The summed E-state index contributed by atoms with van der Waals surface area (Å²) in [6, 6.07) is 13.3. The van der Waals surface area contributed by atoms with Crippen LogP contribution in [0.4, 0.5) is 4.79 Å². The predicted octanol–water partition coefficient (Wildman–Crippen LogP) is 1.64. The number of hydrogen-bond acceptors (Lipinski definition) is 6. The van der Waals surface area contributed by atoms with E-state index in [1.165, 1.54) is 14.0 Å². The number of nitrogens with one attached hydrogen (secondary N) is 3. The van der Waals surface area contributed by atoms with Crippen molar-refractivity contribution in [2.24, 2.45) is 0 Å². The number of fused-ring (bicyclic) bond motifs is 3. The maximum atomic E-state index is 12.6. The lowest BCUT2D eigenvalue weighted by Gasteiger charge is -2.20. The summed E-state index contributed by atoms with van der Waals surface area (Å²) < 4.78 is 10.3. The Labute approximate surface area is 203 Å². The molecular formula is C25H29N3O7. The third-order valence-corrected chi connectivity index (χ3v) is 5.69. The van der Waals surface area contributed by atoms with Crippen LogP contribution in [0.15, 0.2) is 48.5 Å². The maximum absolute atomic E-state index is 12.6. The molecule has 0 bridgehead atoms. The summed E-state index contributed by atoms with van der Waals surface area (Å²) in [7, 11) is 1.49. The molecule has 0 heterocycles. The second kappa shape index (κ2) is 12.0. The van der Waals surface area contributed by atoms with Crippen molar-refractivity contribution in [2.45, 2.75) is 31.3 Å². The number of ether oxygens (including phenoxy) is 2. The third kappa shape index (κ3) is 6.57. The molecule has 0 spiro atoms. The quantitative estimate of drug-likeness (QED) is 0.356. The van der Waals surface area contributed by atoms with Crippen LogP contribution in [0.5, 0.6) is 0 Å². The van der Waals surface area contributed by atoms with Gasteiger partial charge in [0.2, 0.25) is 11.8 Å². The van der Waals surface area contributed by atoms with E-state index in [1.807, 2.05) is 48.5 Å². The van der Waals surface area contributed by atoms with Gasteiger partial charge in [0, 0.05) is 19.6 Å². The number of carboxylic acid groups (broad SMARTS) is 1. The van der Waals surface area contributed by atoms with Crippen molar-refractivity contribution in [1.82, 2.24) is 16.0 Å².